The molecule has 5 heteroatoms. The first-order chi connectivity index (χ1) is 8.93. The fourth-order valence-corrected chi connectivity index (χ4v) is 2.57. The molecule has 1 saturated heterocycles. The Morgan fingerprint density at radius 2 is 1.95 bits per heavy atom. The summed E-state index contributed by atoms with van der Waals surface area (Å²) in [7, 11) is 0. The molecule has 104 valence electrons. The maximum Gasteiger partial charge on any atom is 0.131 e. The lowest BCUT2D eigenvalue weighted by Crippen LogP contribution is -2.59. The van der Waals surface area contributed by atoms with Crippen LogP contribution in [-0.2, 0) is 0 Å². The van der Waals surface area contributed by atoms with Crippen molar-refractivity contribution in [3.8, 4) is 0 Å². The van der Waals surface area contributed by atoms with Crippen LogP contribution in [0, 0.1) is 6.92 Å². The van der Waals surface area contributed by atoms with Gasteiger partial charge in [-0.15, -0.1) is 0 Å². The second kappa shape index (κ2) is 5.43. The lowest BCUT2D eigenvalue weighted by Gasteiger charge is -2.44. The minimum Gasteiger partial charge on any atom is -0.392 e. The molecule has 0 aliphatic carbocycles. The van der Waals surface area contributed by atoms with Gasteiger partial charge in [-0.2, -0.15) is 0 Å². The van der Waals surface area contributed by atoms with E-state index in [0.717, 1.165) is 32.0 Å². The standard InChI is InChI=1S/C14H22N4S/c1-11-5-4-6-16-12(11)17-7-9-18(10-8-17)14(2,3)13(15)19/h4-6H,7-10H2,1-3H3,(H2,15,19). The van der Waals surface area contributed by atoms with Crippen LogP contribution in [0.2, 0.25) is 0 Å². The third-order valence-corrected chi connectivity index (χ3v) is 4.45. The molecule has 1 aromatic rings. The van der Waals surface area contributed by atoms with Gasteiger partial charge in [-0.25, -0.2) is 4.98 Å². The van der Waals surface area contributed by atoms with Gasteiger partial charge in [-0.1, -0.05) is 18.3 Å². The van der Waals surface area contributed by atoms with Gasteiger partial charge in [0.1, 0.15) is 5.82 Å². The summed E-state index contributed by atoms with van der Waals surface area (Å²) in [5.41, 5.74) is 6.85. The molecular weight excluding hydrogens is 256 g/mol. The number of piperazine rings is 1. The molecule has 1 aliphatic rings. The number of anilines is 1. The topological polar surface area (TPSA) is 45.4 Å². The van der Waals surface area contributed by atoms with Crippen LogP contribution < -0.4 is 10.6 Å². The molecule has 4 nitrogen and oxygen atoms in total. The molecule has 0 saturated carbocycles. The van der Waals surface area contributed by atoms with Crippen molar-refractivity contribution in [2.24, 2.45) is 5.73 Å². The van der Waals surface area contributed by atoms with Crippen molar-refractivity contribution < 1.29 is 0 Å². The van der Waals surface area contributed by atoms with E-state index in [1.54, 1.807) is 0 Å². The number of hydrogen-bond donors (Lipinski definition) is 1. The Labute approximate surface area is 120 Å². The molecule has 2 heterocycles. The van der Waals surface area contributed by atoms with Gasteiger partial charge in [0.25, 0.3) is 0 Å². The molecule has 0 radical (unpaired) electrons. The van der Waals surface area contributed by atoms with E-state index >= 15 is 0 Å². The fourth-order valence-electron chi connectivity index (χ4n) is 2.44. The number of pyridine rings is 1. The Hall–Kier alpha value is -1.20. The summed E-state index contributed by atoms with van der Waals surface area (Å²) in [6.45, 7) is 10.1. The van der Waals surface area contributed by atoms with Crippen LogP contribution in [0.1, 0.15) is 19.4 Å². The monoisotopic (exact) mass is 278 g/mol. The van der Waals surface area contributed by atoms with Gasteiger partial charge in [0, 0.05) is 32.4 Å². The lowest BCUT2D eigenvalue weighted by molar-refractivity contribution is 0.168. The van der Waals surface area contributed by atoms with Crippen LogP contribution >= 0.6 is 12.2 Å². The zero-order valence-corrected chi connectivity index (χ0v) is 12.7. The molecule has 0 bridgehead atoms. The molecule has 0 unspecified atom stereocenters. The van der Waals surface area contributed by atoms with Gasteiger partial charge in [-0.05, 0) is 32.4 Å². The minimum atomic E-state index is -0.208. The largest absolute Gasteiger partial charge is 0.392 e. The quantitative estimate of drug-likeness (QED) is 0.851. The van der Waals surface area contributed by atoms with Crippen molar-refractivity contribution in [2.45, 2.75) is 26.3 Å². The van der Waals surface area contributed by atoms with E-state index in [1.807, 2.05) is 12.3 Å². The van der Waals surface area contributed by atoms with Crippen LogP contribution in [0.3, 0.4) is 0 Å². The summed E-state index contributed by atoms with van der Waals surface area (Å²) in [6.07, 6.45) is 1.85. The third-order valence-electron chi connectivity index (χ3n) is 3.95. The molecule has 0 aromatic carbocycles. The summed E-state index contributed by atoms with van der Waals surface area (Å²) in [5, 5.41) is 0. The van der Waals surface area contributed by atoms with E-state index < -0.39 is 0 Å². The maximum atomic E-state index is 5.83. The smallest absolute Gasteiger partial charge is 0.131 e. The number of thiocarbonyl (C=S) groups is 1. The number of hydrogen-bond acceptors (Lipinski definition) is 4. The van der Waals surface area contributed by atoms with Crippen molar-refractivity contribution in [3.05, 3.63) is 23.9 Å². The minimum absolute atomic E-state index is 0.208. The molecule has 1 fully saturated rings. The highest BCUT2D eigenvalue weighted by Gasteiger charge is 2.32. The van der Waals surface area contributed by atoms with E-state index in [9.17, 15) is 0 Å². The molecule has 0 spiro atoms. The van der Waals surface area contributed by atoms with Crippen molar-refractivity contribution >= 4 is 23.0 Å². The number of nitrogens with two attached hydrogens (primary N) is 1. The van der Waals surface area contributed by atoms with E-state index in [2.05, 4.69) is 41.6 Å². The molecule has 19 heavy (non-hydrogen) atoms. The van der Waals surface area contributed by atoms with E-state index in [4.69, 9.17) is 18.0 Å². The highest BCUT2D eigenvalue weighted by Crippen LogP contribution is 2.22. The number of rotatable bonds is 3. The summed E-state index contributed by atoms with van der Waals surface area (Å²) < 4.78 is 0. The van der Waals surface area contributed by atoms with Gasteiger partial charge in [-0.3, -0.25) is 4.90 Å². The van der Waals surface area contributed by atoms with Crippen LogP contribution in [-0.4, -0.2) is 46.6 Å². The average Bonchev–Trinajstić information content (AvgIpc) is 2.39. The Morgan fingerprint density at radius 1 is 1.32 bits per heavy atom. The molecule has 0 amide bonds. The summed E-state index contributed by atoms with van der Waals surface area (Å²) in [4.78, 5) is 9.73. The first kappa shape index (κ1) is 14.2. The van der Waals surface area contributed by atoms with Crippen LogP contribution in [0.25, 0.3) is 0 Å². The summed E-state index contributed by atoms with van der Waals surface area (Å²) >= 11 is 5.17. The average molecular weight is 278 g/mol. The molecule has 1 aromatic heterocycles. The van der Waals surface area contributed by atoms with Gasteiger partial charge in [0.2, 0.25) is 0 Å². The first-order valence-electron chi connectivity index (χ1n) is 6.64. The van der Waals surface area contributed by atoms with Gasteiger partial charge < -0.3 is 10.6 Å². The molecule has 0 atom stereocenters. The number of aryl methyl sites for hydroxylation is 1. The fraction of sp³-hybridized carbons (Fsp3) is 0.571. The Kier molecular flexibility index (Phi) is 4.06. The second-order valence-electron chi connectivity index (χ2n) is 5.54. The number of nitrogens with zero attached hydrogens (tertiary/aromatic N) is 3. The van der Waals surface area contributed by atoms with Gasteiger partial charge in [0.15, 0.2) is 0 Å². The zero-order chi connectivity index (χ0) is 14.0. The summed E-state index contributed by atoms with van der Waals surface area (Å²) in [6, 6.07) is 4.08. The first-order valence-corrected chi connectivity index (χ1v) is 7.05. The highest BCUT2D eigenvalue weighted by molar-refractivity contribution is 7.80. The molecular formula is C14H22N4S. The van der Waals surface area contributed by atoms with Crippen molar-refractivity contribution in [3.63, 3.8) is 0 Å². The predicted molar refractivity (Wildman–Crippen MR) is 83.6 cm³/mol. The van der Waals surface area contributed by atoms with Gasteiger partial charge in [0.05, 0.1) is 10.5 Å². The van der Waals surface area contributed by atoms with Crippen molar-refractivity contribution in [1.29, 1.82) is 0 Å². The van der Waals surface area contributed by atoms with Crippen LogP contribution in [0.5, 0.6) is 0 Å². The molecule has 2 N–H and O–H groups in total. The lowest BCUT2D eigenvalue weighted by atomic mass is 10.0. The molecule has 1 aliphatic heterocycles. The normalized spacial score (nSPS) is 17.5. The van der Waals surface area contributed by atoms with Gasteiger partial charge >= 0.3 is 0 Å². The predicted octanol–water partition coefficient (Wildman–Crippen LogP) is 1.58. The second-order valence-corrected chi connectivity index (χ2v) is 5.98. The Balaban J connectivity index is 2.04. The van der Waals surface area contributed by atoms with Crippen molar-refractivity contribution in [1.82, 2.24) is 9.88 Å². The third kappa shape index (κ3) is 2.87. The van der Waals surface area contributed by atoms with Crippen LogP contribution in [0.15, 0.2) is 18.3 Å². The Morgan fingerprint density at radius 3 is 2.47 bits per heavy atom. The zero-order valence-electron chi connectivity index (χ0n) is 11.9. The SMILES string of the molecule is Cc1cccnc1N1CCN(C(C)(C)C(N)=S)CC1. The Bertz CT molecular complexity index is 464. The van der Waals surface area contributed by atoms with E-state index in [-0.39, 0.29) is 5.54 Å². The van der Waals surface area contributed by atoms with E-state index in [0.29, 0.717) is 4.99 Å². The number of aromatic nitrogens is 1. The van der Waals surface area contributed by atoms with E-state index in [1.165, 1.54) is 5.56 Å². The summed E-state index contributed by atoms with van der Waals surface area (Å²) in [5.74, 6) is 1.09. The highest BCUT2D eigenvalue weighted by atomic mass is 32.1. The van der Waals surface area contributed by atoms with Crippen molar-refractivity contribution in [2.75, 3.05) is 31.1 Å². The van der Waals surface area contributed by atoms with Crippen LogP contribution in [0.4, 0.5) is 5.82 Å². The maximum absolute atomic E-state index is 5.83. The molecule has 2 rings (SSSR count).